The predicted molar refractivity (Wildman–Crippen MR) is 83.5 cm³/mol. The summed E-state index contributed by atoms with van der Waals surface area (Å²) in [5, 5.41) is 0. The van der Waals surface area contributed by atoms with E-state index in [9.17, 15) is 0 Å². The van der Waals surface area contributed by atoms with Gasteiger partial charge in [-0.25, -0.2) is 0 Å². The zero-order valence-corrected chi connectivity index (χ0v) is 13.0. The van der Waals surface area contributed by atoms with E-state index in [1.54, 1.807) is 0 Å². The Labute approximate surface area is 124 Å². The predicted octanol–water partition coefficient (Wildman–Crippen LogP) is -2.23. The molecule has 0 bridgehead atoms. The van der Waals surface area contributed by atoms with Crippen LogP contribution in [0.4, 0.5) is 0 Å². The van der Waals surface area contributed by atoms with Gasteiger partial charge in [-0.15, -0.1) is 0 Å². The van der Waals surface area contributed by atoms with Crippen molar-refractivity contribution in [3.05, 3.63) is 0 Å². The van der Waals surface area contributed by atoms with E-state index < -0.39 is 0 Å². The van der Waals surface area contributed by atoms with Gasteiger partial charge in [0, 0.05) is 26.2 Å². The summed E-state index contributed by atoms with van der Waals surface area (Å²) in [7, 11) is 4.15. The van der Waals surface area contributed by atoms with Crippen molar-refractivity contribution in [1.82, 2.24) is 9.62 Å². The van der Waals surface area contributed by atoms with Crippen molar-refractivity contribution in [1.29, 1.82) is 0 Å². The van der Waals surface area contributed by atoms with E-state index >= 15 is 0 Å². The number of ether oxygens (including phenoxy) is 4. The topological polar surface area (TPSA) is 43.4 Å². The maximum Gasteiger partial charge on any atom is 0.185 e. The summed E-state index contributed by atoms with van der Waals surface area (Å²) in [4.78, 5) is 4.42. The summed E-state index contributed by atoms with van der Waals surface area (Å²) in [6.07, 6.45) is 0. The highest BCUT2D eigenvalue weighted by Crippen LogP contribution is 1.89. The molecule has 1 rings (SSSR count). The van der Waals surface area contributed by atoms with Gasteiger partial charge in [-0.3, -0.25) is 0 Å². The third-order valence-electron chi connectivity index (χ3n) is 3.21. The molecule has 0 aromatic heterocycles. The zero-order chi connectivity index (χ0) is 14.5. The van der Waals surface area contributed by atoms with Crippen molar-refractivity contribution in [3.8, 4) is 0 Å². The molecule has 116 valence electrons. The van der Waals surface area contributed by atoms with Gasteiger partial charge in [0.2, 0.25) is 0 Å². The average Bonchev–Trinajstić information content (AvgIpc) is 2.43. The molecular formula is C12H28B2N2O4. The first kappa shape index (κ1) is 17.9. The Hall–Kier alpha value is -0.110. The van der Waals surface area contributed by atoms with Gasteiger partial charge in [0.05, 0.1) is 52.9 Å². The Kier molecular flexibility index (Phi) is 11.3. The number of hydrogen-bond acceptors (Lipinski definition) is 6. The second-order valence-corrected chi connectivity index (χ2v) is 5.06. The fourth-order valence-electron chi connectivity index (χ4n) is 1.75. The van der Waals surface area contributed by atoms with Gasteiger partial charge >= 0.3 is 0 Å². The van der Waals surface area contributed by atoms with Crippen LogP contribution in [-0.4, -0.2) is 105 Å². The molecule has 0 atom stereocenters. The highest BCUT2D eigenvalue weighted by molar-refractivity contribution is 6.04. The van der Waals surface area contributed by atoms with E-state index in [0.717, 1.165) is 52.6 Å². The third kappa shape index (κ3) is 10.7. The summed E-state index contributed by atoms with van der Waals surface area (Å²) in [6.45, 7) is 9.29. The minimum atomic E-state index is 0.664. The summed E-state index contributed by atoms with van der Waals surface area (Å²) in [5.41, 5.74) is 0. The number of nitrogens with zero attached hydrogens (tertiary/aromatic N) is 2. The highest BCUT2D eigenvalue weighted by Gasteiger charge is 2.01. The molecule has 0 aromatic rings. The number of hydrogen-bond donors (Lipinski definition) is 0. The first-order valence-corrected chi connectivity index (χ1v) is 7.47. The van der Waals surface area contributed by atoms with Gasteiger partial charge in [0.1, 0.15) is 0 Å². The molecule has 1 heterocycles. The lowest BCUT2D eigenvalue weighted by Gasteiger charge is -2.19. The molecule has 6 nitrogen and oxygen atoms in total. The van der Waals surface area contributed by atoms with E-state index in [2.05, 4.69) is 25.6 Å². The van der Waals surface area contributed by atoms with Crippen LogP contribution in [0.2, 0.25) is 0 Å². The van der Waals surface area contributed by atoms with Crippen LogP contribution in [0, 0.1) is 0 Å². The van der Waals surface area contributed by atoms with Crippen LogP contribution in [0.5, 0.6) is 0 Å². The monoisotopic (exact) mass is 286 g/mol. The Balaban J connectivity index is 2.16. The fourth-order valence-corrected chi connectivity index (χ4v) is 1.75. The molecule has 1 aliphatic heterocycles. The van der Waals surface area contributed by atoms with Crippen LogP contribution in [0.1, 0.15) is 0 Å². The Bertz CT molecular complexity index is 186. The van der Waals surface area contributed by atoms with Crippen LogP contribution in [-0.2, 0) is 18.9 Å². The average molecular weight is 286 g/mol. The first-order valence-electron chi connectivity index (χ1n) is 7.47. The molecule has 8 heteroatoms. The fraction of sp³-hybridized carbons (Fsp3) is 1.00. The quantitative estimate of drug-likeness (QED) is 0.469. The molecule has 0 spiro atoms. The molecule has 0 unspecified atom stereocenters. The lowest BCUT2D eigenvalue weighted by Crippen LogP contribution is -2.31. The summed E-state index contributed by atoms with van der Waals surface area (Å²) in [5.74, 6) is 0. The maximum absolute atomic E-state index is 5.54. The van der Waals surface area contributed by atoms with Crippen LogP contribution in [0.15, 0.2) is 0 Å². The third-order valence-corrected chi connectivity index (χ3v) is 3.21. The smallest absolute Gasteiger partial charge is 0.185 e. The van der Waals surface area contributed by atoms with Crippen LogP contribution in [0.25, 0.3) is 0 Å². The van der Waals surface area contributed by atoms with Gasteiger partial charge in [0.25, 0.3) is 0 Å². The van der Waals surface area contributed by atoms with E-state index in [4.69, 9.17) is 18.9 Å². The van der Waals surface area contributed by atoms with E-state index in [1.807, 2.05) is 0 Å². The molecule has 0 radical (unpaired) electrons. The van der Waals surface area contributed by atoms with Gasteiger partial charge < -0.3 is 28.6 Å². The van der Waals surface area contributed by atoms with Crippen molar-refractivity contribution in [2.75, 3.05) is 79.0 Å². The largest absolute Gasteiger partial charge is 0.378 e. The zero-order valence-electron chi connectivity index (χ0n) is 13.0. The SMILES string of the molecule is BN1CCOCCOCCN(B)CCOCCOCC1. The van der Waals surface area contributed by atoms with Gasteiger partial charge in [-0.1, -0.05) is 0 Å². The van der Waals surface area contributed by atoms with Crippen molar-refractivity contribution < 1.29 is 18.9 Å². The summed E-state index contributed by atoms with van der Waals surface area (Å²) < 4.78 is 22.1. The van der Waals surface area contributed by atoms with Gasteiger partial charge in [-0.2, -0.15) is 0 Å². The van der Waals surface area contributed by atoms with E-state index in [0.29, 0.717) is 26.4 Å². The molecule has 0 aromatic carbocycles. The van der Waals surface area contributed by atoms with E-state index in [-0.39, 0.29) is 0 Å². The molecule has 0 amide bonds. The first-order chi connectivity index (χ1) is 9.79. The normalized spacial score (nSPS) is 24.8. The molecule has 1 fully saturated rings. The summed E-state index contributed by atoms with van der Waals surface area (Å²) >= 11 is 0. The Morgan fingerprint density at radius 2 is 0.700 bits per heavy atom. The molecule has 0 saturated carbocycles. The van der Waals surface area contributed by atoms with Gasteiger partial charge in [-0.05, 0) is 0 Å². The second-order valence-electron chi connectivity index (χ2n) is 5.06. The summed E-state index contributed by atoms with van der Waals surface area (Å²) in [6, 6.07) is 0. The maximum atomic E-state index is 5.54. The standard InChI is InChI=1S/C12H28B2N2O4/c13-15-1-5-17-9-10-19-7-3-16(14)4-8-20-12-11-18-6-2-15/h1-14H2. The highest BCUT2D eigenvalue weighted by atomic mass is 16.5. The Morgan fingerprint density at radius 3 is 0.950 bits per heavy atom. The molecule has 1 saturated heterocycles. The van der Waals surface area contributed by atoms with Crippen LogP contribution in [0.3, 0.4) is 0 Å². The molecular weight excluding hydrogens is 258 g/mol. The van der Waals surface area contributed by atoms with Crippen LogP contribution >= 0.6 is 0 Å². The Morgan fingerprint density at radius 1 is 0.450 bits per heavy atom. The van der Waals surface area contributed by atoms with E-state index in [1.165, 1.54) is 0 Å². The molecule has 20 heavy (non-hydrogen) atoms. The lowest BCUT2D eigenvalue weighted by atomic mass is 10.3. The number of rotatable bonds is 0. The van der Waals surface area contributed by atoms with Gasteiger partial charge in [0.15, 0.2) is 16.0 Å². The minimum Gasteiger partial charge on any atom is -0.378 e. The molecule has 0 aliphatic carbocycles. The molecule has 1 aliphatic rings. The lowest BCUT2D eigenvalue weighted by molar-refractivity contribution is 0.0240. The van der Waals surface area contributed by atoms with Crippen molar-refractivity contribution in [2.45, 2.75) is 0 Å². The van der Waals surface area contributed by atoms with Crippen LogP contribution < -0.4 is 0 Å². The van der Waals surface area contributed by atoms with Crippen molar-refractivity contribution in [3.63, 3.8) is 0 Å². The second kappa shape index (κ2) is 12.6. The van der Waals surface area contributed by atoms with Crippen molar-refractivity contribution >= 4 is 16.0 Å². The minimum absolute atomic E-state index is 0.664. The molecule has 0 N–H and O–H groups in total. The van der Waals surface area contributed by atoms with Crippen molar-refractivity contribution in [2.24, 2.45) is 0 Å².